The first-order valence-corrected chi connectivity index (χ1v) is 14.7. The SMILES string of the molecule is Cc1cc(-c2cnc3c(NCC4CCS(=O)CC4)cc(Oc4ccc(F)cc4)nn23)ccc1C(=O)NC1CC1. The van der Waals surface area contributed by atoms with Crippen molar-refractivity contribution in [3.8, 4) is 22.9 Å². The molecule has 0 radical (unpaired) electrons. The number of nitrogens with zero attached hydrogens (tertiary/aromatic N) is 3. The fourth-order valence-electron chi connectivity index (χ4n) is 4.82. The second-order valence-electron chi connectivity index (χ2n) is 10.3. The van der Waals surface area contributed by atoms with Crippen molar-refractivity contribution < 1.29 is 18.1 Å². The summed E-state index contributed by atoms with van der Waals surface area (Å²) in [6.45, 7) is 2.65. The zero-order valence-electron chi connectivity index (χ0n) is 21.7. The third-order valence-corrected chi connectivity index (χ3v) is 8.63. The number of amides is 1. The van der Waals surface area contributed by atoms with Gasteiger partial charge in [-0.1, -0.05) is 6.07 Å². The third kappa shape index (κ3) is 5.80. The quantitative estimate of drug-likeness (QED) is 0.319. The molecule has 1 saturated carbocycles. The number of hydrogen-bond donors (Lipinski definition) is 2. The molecule has 10 heteroatoms. The summed E-state index contributed by atoms with van der Waals surface area (Å²) in [6, 6.07) is 13.6. The highest BCUT2D eigenvalue weighted by molar-refractivity contribution is 7.85. The first kappa shape index (κ1) is 25.5. The highest BCUT2D eigenvalue weighted by Crippen LogP contribution is 2.31. The van der Waals surface area contributed by atoms with E-state index in [9.17, 15) is 13.4 Å². The Kier molecular flexibility index (Phi) is 7.03. The normalized spacial score (nSPS) is 19.1. The van der Waals surface area contributed by atoms with Crippen molar-refractivity contribution >= 4 is 28.0 Å². The molecular weight excluding hydrogens is 517 g/mol. The minimum atomic E-state index is -0.710. The van der Waals surface area contributed by atoms with Crippen molar-refractivity contribution in [1.82, 2.24) is 19.9 Å². The van der Waals surface area contributed by atoms with Crippen LogP contribution in [-0.2, 0) is 10.8 Å². The molecule has 2 aliphatic rings. The van der Waals surface area contributed by atoms with Gasteiger partial charge in [-0.2, -0.15) is 0 Å². The number of aromatic nitrogens is 3. The lowest BCUT2D eigenvalue weighted by Crippen LogP contribution is -2.26. The molecular formula is C29H30FN5O3S. The average molecular weight is 548 g/mol. The van der Waals surface area contributed by atoms with Gasteiger partial charge in [-0.15, -0.1) is 5.10 Å². The topological polar surface area (TPSA) is 97.6 Å². The maximum absolute atomic E-state index is 13.4. The van der Waals surface area contributed by atoms with Gasteiger partial charge >= 0.3 is 0 Å². The minimum Gasteiger partial charge on any atom is -0.438 e. The van der Waals surface area contributed by atoms with Crippen LogP contribution >= 0.6 is 0 Å². The smallest absolute Gasteiger partial charge is 0.251 e. The maximum Gasteiger partial charge on any atom is 0.251 e. The molecule has 39 heavy (non-hydrogen) atoms. The van der Waals surface area contributed by atoms with E-state index in [0.717, 1.165) is 66.2 Å². The van der Waals surface area contributed by atoms with Crippen molar-refractivity contribution in [3.05, 3.63) is 71.7 Å². The molecule has 0 bridgehead atoms. The standard InChI is InChI=1S/C29H30FN5O3S/c1-18-14-20(2-9-24(18)29(36)33-22-5-6-22)26-17-32-28-25(31-16-19-10-12-39(37)13-11-19)15-27(34-35(26)28)38-23-7-3-21(30)4-8-23/h2-4,7-9,14-15,17,19,22,31H,5-6,10-13,16H2,1H3,(H,33,36). The summed E-state index contributed by atoms with van der Waals surface area (Å²) in [4.78, 5) is 17.3. The zero-order valence-corrected chi connectivity index (χ0v) is 22.5. The van der Waals surface area contributed by atoms with Crippen LogP contribution in [0.15, 0.2) is 54.7 Å². The van der Waals surface area contributed by atoms with E-state index >= 15 is 0 Å². The molecule has 2 N–H and O–H groups in total. The summed E-state index contributed by atoms with van der Waals surface area (Å²) in [6.07, 6.45) is 5.67. The van der Waals surface area contributed by atoms with Crippen molar-refractivity contribution in [2.45, 2.75) is 38.6 Å². The van der Waals surface area contributed by atoms with E-state index in [4.69, 9.17) is 9.84 Å². The largest absolute Gasteiger partial charge is 0.438 e. The molecule has 6 rings (SSSR count). The molecule has 8 nitrogen and oxygen atoms in total. The molecule has 0 atom stereocenters. The van der Waals surface area contributed by atoms with E-state index in [-0.39, 0.29) is 11.7 Å². The minimum absolute atomic E-state index is 0.0502. The lowest BCUT2D eigenvalue weighted by molar-refractivity contribution is 0.0950. The molecule has 202 valence electrons. The number of benzene rings is 2. The first-order valence-electron chi connectivity index (χ1n) is 13.3. The lowest BCUT2D eigenvalue weighted by atomic mass is 10.0. The van der Waals surface area contributed by atoms with Gasteiger partial charge in [-0.05, 0) is 80.5 Å². The van der Waals surface area contributed by atoms with Gasteiger partial charge in [0.05, 0.1) is 17.6 Å². The Morgan fingerprint density at radius 2 is 1.87 bits per heavy atom. The van der Waals surface area contributed by atoms with E-state index < -0.39 is 10.8 Å². The first-order chi connectivity index (χ1) is 18.9. The Bertz CT molecular complexity index is 1540. The molecule has 2 aromatic carbocycles. The summed E-state index contributed by atoms with van der Waals surface area (Å²) in [5.41, 5.74) is 4.55. The van der Waals surface area contributed by atoms with E-state index in [1.54, 1.807) is 28.9 Å². The van der Waals surface area contributed by atoms with Crippen LogP contribution in [0.5, 0.6) is 11.6 Å². The van der Waals surface area contributed by atoms with E-state index in [1.165, 1.54) is 12.1 Å². The number of halogens is 1. The molecule has 0 unspecified atom stereocenters. The molecule has 1 saturated heterocycles. The molecule has 2 fully saturated rings. The summed E-state index contributed by atoms with van der Waals surface area (Å²) in [5.74, 6) is 2.29. The molecule has 3 heterocycles. The van der Waals surface area contributed by atoms with Crippen LogP contribution < -0.4 is 15.4 Å². The number of carbonyl (C=O) groups is 1. The number of hydrogen-bond acceptors (Lipinski definition) is 6. The van der Waals surface area contributed by atoms with Crippen LogP contribution in [0.3, 0.4) is 0 Å². The van der Waals surface area contributed by atoms with Crippen LogP contribution in [0.1, 0.15) is 41.6 Å². The van der Waals surface area contributed by atoms with Crippen LogP contribution in [-0.4, -0.2) is 48.8 Å². The van der Waals surface area contributed by atoms with E-state index in [2.05, 4.69) is 15.6 Å². The molecule has 2 aromatic heterocycles. The van der Waals surface area contributed by atoms with Gasteiger partial charge in [0.2, 0.25) is 5.88 Å². The van der Waals surface area contributed by atoms with Crippen molar-refractivity contribution in [2.24, 2.45) is 5.92 Å². The van der Waals surface area contributed by atoms with Crippen LogP contribution in [0.4, 0.5) is 10.1 Å². The van der Waals surface area contributed by atoms with Gasteiger partial charge in [0.1, 0.15) is 11.6 Å². The Morgan fingerprint density at radius 1 is 1.10 bits per heavy atom. The van der Waals surface area contributed by atoms with E-state index in [0.29, 0.717) is 34.8 Å². The number of carbonyl (C=O) groups excluding carboxylic acids is 1. The fraction of sp³-hybridized carbons (Fsp3) is 0.345. The van der Waals surface area contributed by atoms with Gasteiger partial charge in [-0.25, -0.2) is 13.9 Å². The van der Waals surface area contributed by atoms with Crippen LogP contribution in [0, 0.1) is 18.7 Å². The number of nitrogens with one attached hydrogen (secondary N) is 2. The van der Waals surface area contributed by atoms with Gasteiger partial charge in [0.15, 0.2) is 5.65 Å². The lowest BCUT2D eigenvalue weighted by Gasteiger charge is -2.22. The predicted octanol–water partition coefficient (Wildman–Crippen LogP) is 5.10. The highest BCUT2D eigenvalue weighted by Gasteiger charge is 2.25. The molecule has 1 amide bonds. The number of fused-ring (bicyclic) bond motifs is 1. The van der Waals surface area contributed by atoms with Gasteiger partial charge in [0.25, 0.3) is 5.91 Å². The number of aryl methyl sites for hydroxylation is 1. The van der Waals surface area contributed by atoms with Crippen molar-refractivity contribution in [2.75, 3.05) is 23.4 Å². The Balaban J connectivity index is 1.33. The summed E-state index contributed by atoms with van der Waals surface area (Å²) in [7, 11) is -0.710. The van der Waals surface area contributed by atoms with Crippen molar-refractivity contribution in [3.63, 3.8) is 0 Å². The third-order valence-electron chi connectivity index (χ3n) is 7.25. The van der Waals surface area contributed by atoms with Crippen LogP contribution in [0.2, 0.25) is 0 Å². The molecule has 1 aliphatic carbocycles. The summed E-state index contributed by atoms with van der Waals surface area (Å²) >= 11 is 0. The zero-order chi connectivity index (χ0) is 26.9. The molecule has 4 aromatic rings. The second-order valence-corrected chi connectivity index (χ2v) is 12.0. The maximum atomic E-state index is 13.4. The number of rotatable bonds is 8. The Hall–Kier alpha value is -3.79. The van der Waals surface area contributed by atoms with Gasteiger partial charge in [-0.3, -0.25) is 9.00 Å². The van der Waals surface area contributed by atoms with E-state index in [1.807, 2.05) is 25.1 Å². The number of anilines is 1. The molecule has 1 aliphatic heterocycles. The Labute approximate surface area is 228 Å². The number of imidazole rings is 1. The van der Waals surface area contributed by atoms with Crippen LogP contribution in [0.25, 0.3) is 16.9 Å². The highest BCUT2D eigenvalue weighted by atomic mass is 32.2. The Morgan fingerprint density at radius 3 is 2.59 bits per heavy atom. The van der Waals surface area contributed by atoms with Crippen molar-refractivity contribution in [1.29, 1.82) is 0 Å². The van der Waals surface area contributed by atoms with Gasteiger partial charge in [0, 0.05) is 52.1 Å². The predicted molar refractivity (Wildman–Crippen MR) is 149 cm³/mol. The monoisotopic (exact) mass is 547 g/mol. The summed E-state index contributed by atoms with van der Waals surface area (Å²) in [5, 5.41) is 11.3. The number of ether oxygens (including phenoxy) is 1. The second kappa shape index (κ2) is 10.8. The summed E-state index contributed by atoms with van der Waals surface area (Å²) < 4.78 is 32.9. The molecule has 0 spiro atoms. The fourth-order valence-corrected chi connectivity index (χ4v) is 6.21. The van der Waals surface area contributed by atoms with Gasteiger partial charge < -0.3 is 15.4 Å². The average Bonchev–Trinajstić information content (AvgIpc) is 3.64.